The summed E-state index contributed by atoms with van der Waals surface area (Å²) in [7, 11) is 0. The number of aryl methyl sites for hydroxylation is 1. The van der Waals surface area contributed by atoms with E-state index in [0.29, 0.717) is 19.8 Å². The van der Waals surface area contributed by atoms with Gasteiger partial charge in [0.05, 0.1) is 13.2 Å². The van der Waals surface area contributed by atoms with E-state index in [4.69, 9.17) is 15.2 Å². The first-order valence-electron chi connectivity index (χ1n) is 8.33. The fourth-order valence-electron chi connectivity index (χ4n) is 2.81. The van der Waals surface area contributed by atoms with Crippen LogP contribution >= 0.6 is 0 Å². The van der Waals surface area contributed by atoms with Crippen LogP contribution in [0.25, 0.3) is 0 Å². The van der Waals surface area contributed by atoms with Crippen LogP contribution in [-0.2, 0) is 6.42 Å². The molecule has 0 aliphatic heterocycles. The predicted molar refractivity (Wildman–Crippen MR) is 95.5 cm³/mol. The fourth-order valence-corrected chi connectivity index (χ4v) is 2.81. The molecule has 1 atom stereocenters. The smallest absolute Gasteiger partial charge is 0.126 e. The molecule has 0 spiro atoms. The minimum absolute atomic E-state index is 0.230. The minimum Gasteiger partial charge on any atom is -0.494 e. The molecule has 0 aliphatic carbocycles. The zero-order valence-electron chi connectivity index (χ0n) is 14.3. The fraction of sp³-hybridized carbons (Fsp3) is 0.400. The molecule has 0 fully saturated rings. The third-order valence-electron chi connectivity index (χ3n) is 4.05. The second-order valence-corrected chi connectivity index (χ2v) is 5.63. The first-order chi connectivity index (χ1) is 11.2. The summed E-state index contributed by atoms with van der Waals surface area (Å²) in [5.74, 6) is 1.95. The molecule has 1 unspecified atom stereocenters. The normalized spacial score (nSPS) is 12.0. The molecule has 124 valence electrons. The molecule has 0 aromatic heterocycles. The molecule has 0 radical (unpaired) electrons. The van der Waals surface area contributed by atoms with Crippen molar-refractivity contribution >= 4 is 0 Å². The van der Waals surface area contributed by atoms with Gasteiger partial charge in [0.2, 0.25) is 0 Å². The molecule has 2 aromatic carbocycles. The van der Waals surface area contributed by atoms with E-state index >= 15 is 0 Å². The molecular weight excluding hydrogens is 286 g/mol. The van der Waals surface area contributed by atoms with E-state index in [2.05, 4.69) is 37.3 Å². The summed E-state index contributed by atoms with van der Waals surface area (Å²) in [6.45, 7) is 7.98. The maximum Gasteiger partial charge on any atom is 0.126 e. The average Bonchev–Trinajstić information content (AvgIpc) is 2.56. The molecule has 0 saturated heterocycles. The van der Waals surface area contributed by atoms with E-state index in [1.54, 1.807) is 0 Å². The summed E-state index contributed by atoms with van der Waals surface area (Å²) >= 11 is 0. The SMILES string of the molecule is CCOc1ccc(C(CN)Cc2ccccc2C)c(OCC)c1. The molecular formula is C20H27NO2. The van der Waals surface area contributed by atoms with Crippen molar-refractivity contribution in [2.24, 2.45) is 5.73 Å². The topological polar surface area (TPSA) is 44.5 Å². The maximum atomic E-state index is 6.08. The Morgan fingerprint density at radius 1 is 1.00 bits per heavy atom. The highest BCUT2D eigenvalue weighted by Gasteiger charge is 2.17. The van der Waals surface area contributed by atoms with Crippen molar-refractivity contribution in [3.63, 3.8) is 0 Å². The van der Waals surface area contributed by atoms with Gasteiger partial charge in [0.25, 0.3) is 0 Å². The lowest BCUT2D eigenvalue weighted by Crippen LogP contribution is -2.17. The van der Waals surface area contributed by atoms with Gasteiger partial charge in [-0.25, -0.2) is 0 Å². The second kappa shape index (κ2) is 8.59. The van der Waals surface area contributed by atoms with E-state index in [0.717, 1.165) is 23.5 Å². The van der Waals surface area contributed by atoms with Crippen LogP contribution in [0.15, 0.2) is 42.5 Å². The summed E-state index contributed by atoms with van der Waals surface area (Å²) in [5, 5.41) is 0. The monoisotopic (exact) mass is 313 g/mol. The Morgan fingerprint density at radius 3 is 2.39 bits per heavy atom. The first-order valence-corrected chi connectivity index (χ1v) is 8.33. The van der Waals surface area contributed by atoms with Crippen LogP contribution in [0.2, 0.25) is 0 Å². The van der Waals surface area contributed by atoms with Crippen LogP contribution in [0.5, 0.6) is 11.5 Å². The summed E-state index contributed by atoms with van der Waals surface area (Å²) in [6.07, 6.45) is 0.914. The third-order valence-corrected chi connectivity index (χ3v) is 4.05. The summed E-state index contributed by atoms with van der Waals surface area (Å²) < 4.78 is 11.4. The van der Waals surface area contributed by atoms with Crippen LogP contribution in [0.1, 0.15) is 36.5 Å². The lowest BCUT2D eigenvalue weighted by atomic mass is 9.89. The quantitative estimate of drug-likeness (QED) is 0.798. The molecule has 3 nitrogen and oxygen atoms in total. The number of ether oxygens (including phenoxy) is 2. The van der Waals surface area contributed by atoms with Crippen molar-refractivity contribution in [1.29, 1.82) is 0 Å². The van der Waals surface area contributed by atoms with Gasteiger partial charge in [-0.1, -0.05) is 30.3 Å². The number of benzene rings is 2. The maximum absolute atomic E-state index is 6.08. The van der Waals surface area contributed by atoms with Gasteiger partial charge in [-0.15, -0.1) is 0 Å². The predicted octanol–water partition coefficient (Wildman–Crippen LogP) is 4.08. The van der Waals surface area contributed by atoms with E-state index in [1.807, 2.05) is 26.0 Å². The van der Waals surface area contributed by atoms with E-state index < -0.39 is 0 Å². The molecule has 3 heteroatoms. The van der Waals surface area contributed by atoms with Gasteiger partial charge in [-0.05, 0) is 56.5 Å². The van der Waals surface area contributed by atoms with Gasteiger partial charge in [-0.3, -0.25) is 0 Å². The van der Waals surface area contributed by atoms with Crippen molar-refractivity contribution < 1.29 is 9.47 Å². The van der Waals surface area contributed by atoms with Crippen molar-refractivity contribution in [2.45, 2.75) is 33.1 Å². The Kier molecular flexibility index (Phi) is 6.48. The van der Waals surface area contributed by atoms with Gasteiger partial charge in [0.15, 0.2) is 0 Å². The molecule has 0 amide bonds. The van der Waals surface area contributed by atoms with Crippen molar-refractivity contribution in [1.82, 2.24) is 0 Å². The first kappa shape index (κ1) is 17.4. The second-order valence-electron chi connectivity index (χ2n) is 5.63. The Balaban J connectivity index is 2.30. The average molecular weight is 313 g/mol. The largest absolute Gasteiger partial charge is 0.494 e. The highest BCUT2D eigenvalue weighted by atomic mass is 16.5. The number of rotatable bonds is 8. The van der Waals surface area contributed by atoms with Crippen LogP contribution in [0.4, 0.5) is 0 Å². The summed E-state index contributed by atoms with van der Waals surface area (Å²) in [6, 6.07) is 14.5. The van der Waals surface area contributed by atoms with Crippen molar-refractivity contribution in [2.75, 3.05) is 19.8 Å². The molecule has 0 heterocycles. The van der Waals surface area contributed by atoms with Crippen LogP contribution in [0.3, 0.4) is 0 Å². The van der Waals surface area contributed by atoms with Crippen molar-refractivity contribution in [3.8, 4) is 11.5 Å². The summed E-state index contributed by atoms with van der Waals surface area (Å²) in [5.41, 5.74) is 9.86. The van der Waals surface area contributed by atoms with E-state index in [-0.39, 0.29) is 5.92 Å². The zero-order chi connectivity index (χ0) is 16.7. The van der Waals surface area contributed by atoms with Gasteiger partial charge >= 0.3 is 0 Å². The van der Waals surface area contributed by atoms with Crippen LogP contribution < -0.4 is 15.2 Å². The molecule has 0 aliphatic rings. The van der Waals surface area contributed by atoms with Gasteiger partial charge < -0.3 is 15.2 Å². The third kappa shape index (κ3) is 4.49. The zero-order valence-corrected chi connectivity index (χ0v) is 14.3. The highest BCUT2D eigenvalue weighted by molar-refractivity contribution is 5.44. The Bertz CT molecular complexity index is 625. The van der Waals surface area contributed by atoms with Gasteiger partial charge in [0, 0.05) is 12.0 Å². The molecule has 0 bridgehead atoms. The number of hydrogen-bond acceptors (Lipinski definition) is 3. The number of hydrogen-bond donors (Lipinski definition) is 1. The van der Waals surface area contributed by atoms with E-state index in [1.165, 1.54) is 11.1 Å². The Morgan fingerprint density at radius 2 is 1.74 bits per heavy atom. The van der Waals surface area contributed by atoms with Crippen molar-refractivity contribution in [3.05, 3.63) is 59.2 Å². The van der Waals surface area contributed by atoms with Crippen LogP contribution in [-0.4, -0.2) is 19.8 Å². The Labute approximate surface area is 139 Å². The number of nitrogens with two attached hydrogens (primary N) is 1. The molecule has 23 heavy (non-hydrogen) atoms. The lowest BCUT2D eigenvalue weighted by molar-refractivity contribution is 0.319. The van der Waals surface area contributed by atoms with Gasteiger partial charge in [-0.2, -0.15) is 0 Å². The standard InChI is InChI=1S/C20H27NO2/c1-4-22-18-10-11-19(20(13-18)23-5-2)17(14-21)12-16-9-7-6-8-15(16)3/h6-11,13,17H,4-5,12,14,21H2,1-3H3. The molecule has 2 rings (SSSR count). The minimum atomic E-state index is 0.230. The molecule has 2 aromatic rings. The van der Waals surface area contributed by atoms with E-state index in [9.17, 15) is 0 Å². The van der Waals surface area contributed by atoms with Crippen LogP contribution in [0, 0.1) is 6.92 Å². The molecule has 0 saturated carbocycles. The molecule has 2 N–H and O–H groups in total. The summed E-state index contributed by atoms with van der Waals surface area (Å²) in [4.78, 5) is 0. The Hall–Kier alpha value is -2.00. The van der Waals surface area contributed by atoms with Gasteiger partial charge in [0.1, 0.15) is 11.5 Å². The highest BCUT2D eigenvalue weighted by Crippen LogP contribution is 2.33. The lowest BCUT2D eigenvalue weighted by Gasteiger charge is -2.21.